The number of likely N-dealkylation sites (tertiary alicyclic amines) is 1. The Balaban J connectivity index is 1.60. The van der Waals surface area contributed by atoms with Gasteiger partial charge < -0.3 is 10.3 Å². The SMILES string of the molecule is CCNCC1CCN(Cc2nc3ccsc3c(=O)[nH]2)CC1. The third kappa shape index (κ3) is 3.51. The first-order valence-corrected chi connectivity index (χ1v) is 8.53. The molecule has 0 aromatic carbocycles. The van der Waals surface area contributed by atoms with Crippen molar-refractivity contribution in [3.63, 3.8) is 0 Å². The third-order valence-electron chi connectivity index (χ3n) is 4.13. The molecule has 114 valence electrons. The fraction of sp³-hybridized carbons (Fsp3) is 0.600. The summed E-state index contributed by atoms with van der Waals surface area (Å²) in [5.74, 6) is 1.57. The van der Waals surface area contributed by atoms with Crippen molar-refractivity contribution in [2.45, 2.75) is 26.3 Å². The van der Waals surface area contributed by atoms with Crippen LogP contribution in [-0.2, 0) is 6.54 Å². The van der Waals surface area contributed by atoms with Crippen molar-refractivity contribution < 1.29 is 0 Å². The van der Waals surface area contributed by atoms with Gasteiger partial charge in [-0.05, 0) is 56.4 Å². The standard InChI is InChI=1S/C15H22N4OS/c1-2-16-9-11-3-6-19(7-4-11)10-13-17-12-5-8-21-14(12)15(20)18-13/h5,8,11,16H,2-4,6-7,9-10H2,1H3,(H,17,18,20). The molecule has 21 heavy (non-hydrogen) atoms. The van der Waals surface area contributed by atoms with E-state index in [9.17, 15) is 4.79 Å². The summed E-state index contributed by atoms with van der Waals surface area (Å²) >= 11 is 1.45. The number of aromatic nitrogens is 2. The van der Waals surface area contributed by atoms with Crippen molar-refractivity contribution in [2.75, 3.05) is 26.2 Å². The summed E-state index contributed by atoms with van der Waals surface area (Å²) in [5.41, 5.74) is 0.813. The molecule has 1 aliphatic heterocycles. The number of aromatic amines is 1. The second-order valence-electron chi connectivity index (χ2n) is 5.67. The largest absolute Gasteiger partial charge is 0.317 e. The smallest absolute Gasteiger partial charge is 0.268 e. The van der Waals surface area contributed by atoms with Crippen molar-refractivity contribution in [1.82, 2.24) is 20.2 Å². The molecule has 0 spiro atoms. The summed E-state index contributed by atoms with van der Waals surface area (Å²) in [7, 11) is 0. The normalized spacial score (nSPS) is 17.6. The number of nitrogens with one attached hydrogen (secondary N) is 2. The molecule has 6 heteroatoms. The second-order valence-corrected chi connectivity index (χ2v) is 6.59. The predicted molar refractivity (Wildman–Crippen MR) is 86.8 cm³/mol. The van der Waals surface area contributed by atoms with Crippen molar-refractivity contribution in [3.05, 3.63) is 27.6 Å². The van der Waals surface area contributed by atoms with E-state index in [1.807, 2.05) is 11.4 Å². The van der Waals surface area contributed by atoms with Crippen LogP contribution >= 0.6 is 11.3 Å². The summed E-state index contributed by atoms with van der Waals surface area (Å²) in [5, 5.41) is 5.35. The molecule has 1 saturated heterocycles. The maximum absolute atomic E-state index is 12.0. The molecule has 0 amide bonds. The molecular formula is C15H22N4OS. The van der Waals surface area contributed by atoms with Crippen molar-refractivity contribution in [1.29, 1.82) is 0 Å². The lowest BCUT2D eigenvalue weighted by molar-refractivity contribution is 0.172. The fourth-order valence-electron chi connectivity index (χ4n) is 2.91. The van der Waals surface area contributed by atoms with Crippen LogP contribution in [0.25, 0.3) is 10.2 Å². The van der Waals surface area contributed by atoms with E-state index < -0.39 is 0 Å². The van der Waals surface area contributed by atoms with E-state index in [1.165, 1.54) is 24.2 Å². The number of hydrogen-bond donors (Lipinski definition) is 2. The number of thiophene rings is 1. The average Bonchev–Trinajstić information content (AvgIpc) is 2.95. The monoisotopic (exact) mass is 306 g/mol. The van der Waals surface area contributed by atoms with Gasteiger partial charge in [0, 0.05) is 0 Å². The van der Waals surface area contributed by atoms with Gasteiger partial charge in [0.15, 0.2) is 0 Å². The molecule has 2 aromatic heterocycles. The van der Waals surface area contributed by atoms with Crippen LogP contribution in [0.1, 0.15) is 25.6 Å². The van der Waals surface area contributed by atoms with Crippen LogP contribution < -0.4 is 10.9 Å². The van der Waals surface area contributed by atoms with Crippen LogP contribution in [0.5, 0.6) is 0 Å². The van der Waals surface area contributed by atoms with E-state index in [-0.39, 0.29) is 5.56 Å². The molecule has 2 aromatic rings. The summed E-state index contributed by atoms with van der Waals surface area (Å²) in [6, 6.07) is 1.92. The predicted octanol–water partition coefficient (Wildman–Crippen LogP) is 1.81. The maximum atomic E-state index is 12.0. The zero-order valence-electron chi connectivity index (χ0n) is 12.4. The number of H-pyrrole nitrogens is 1. The van der Waals surface area contributed by atoms with E-state index in [0.717, 1.165) is 54.7 Å². The van der Waals surface area contributed by atoms with Crippen LogP contribution in [0.15, 0.2) is 16.2 Å². The van der Waals surface area contributed by atoms with Gasteiger partial charge in [-0.15, -0.1) is 11.3 Å². The lowest BCUT2D eigenvalue weighted by atomic mass is 9.97. The highest BCUT2D eigenvalue weighted by Crippen LogP contribution is 2.18. The van der Waals surface area contributed by atoms with Crippen molar-refractivity contribution >= 4 is 21.6 Å². The first-order valence-electron chi connectivity index (χ1n) is 7.65. The highest BCUT2D eigenvalue weighted by atomic mass is 32.1. The first-order chi connectivity index (χ1) is 10.3. The number of hydrogen-bond acceptors (Lipinski definition) is 5. The van der Waals surface area contributed by atoms with Gasteiger partial charge in [0.25, 0.3) is 5.56 Å². The molecule has 5 nitrogen and oxygen atoms in total. The van der Waals surface area contributed by atoms with Crippen molar-refractivity contribution in [3.8, 4) is 0 Å². The zero-order valence-corrected chi connectivity index (χ0v) is 13.2. The van der Waals surface area contributed by atoms with Crippen LogP contribution in [0.3, 0.4) is 0 Å². The van der Waals surface area contributed by atoms with Gasteiger partial charge in [-0.1, -0.05) is 6.92 Å². The number of nitrogens with zero attached hydrogens (tertiary/aromatic N) is 2. The quantitative estimate of drug-likeness (QED) is 0.884. The summed E-state index contributed by atoms with van der Waals surface area (Å²) < 4.78 is 0.725. The number of piperidine rings is 1. The van der Waals surface area contributed by atoms with Gasteiger partial charge in [0.1, 0.15) is 10.5 Å². The molecule has 0 radical (unpaired) electrons. The molecule has 1 fully saturated rings. The van der Waals surface area contributed by atoms with Gasteiger partial charge in [0.2, 0.25) is 0 Å². The second kappa shape index (κ2) is 6.68. The Kier molecular flexibility index (Phi) is 4.67. The topological polar surface area (TPSA) is 61.0 Å². The average molecular weight is 306 g/mol. The van der Waals surface area contributed by atoms with Gasteiger partial charge in [-0.25, -0.2) is 4.98 Å². The Bertz CT molecular complexity index is 642. The number of fused-ring (bicyclic) bond motifs is 1. The van der Waals surface area contributed by atoms with Crippen LogP contribution in [0.2, 0.25) is 0 Å². The van der Waals surface area contributed by atoms with Crippen LogP contribution in [0.4, 0.5) is 0 Å². The minimum Gasteiger partial charge on any atom is -0.317 e. The summed E-state index contributed by atoms with van der Waals surface area (Å²) in [6.07, 6.45) is 2.44. The van der Waals surface area contributed by atoms with E-state index in [0.29, 0.717) is 0 Å². The maximum Gasteiger partial charge on any atom is 0.268 e. The Morgan fingerprint density at radius 1 is 1.48 bits per heavy atom. The number of rotatable bonds is 5. The molecule has 0 bridgehead atoms. The van der Waals surface area contributed by atoms with Crippen molar-refractivity contribution in [2.24, 2.45) is 5.92 Å². The molecule has 0 unspecified atom stereocenters. The molecule has 2 N–H and O–H groups in total. The minimum absolute atomic E-state index is 0.00738. The zero-order chi connectivity index (χ0) is 14.7. The Morgan fingerprint density at radius 2 is 2.29 bits per heavy atom. The molecular weight excluding hydrogens is 284 g/mol. The highest BCUT2D eigenvalue weighted by Gasteiger charge is 2.19. The van der Waals surface area contributed by atoms with E-state index in [2.05, 4.69) is 27.1 Å². The molecule has 0 atom stereocenters. The summed E-state index contributed by atoms with van der Waals surface area (Å²) in [6.45, 7) is 7.24. The van der Waals surface area contributed by atoms with E-state index in [1.54, 1.807) is 0 Å². The van der Waals surface area contributed by atoms with Gasteiger partial charge in [0.05, 0.1) is 12.1 Å². The van der Waals surface area contributed by atoms with Crippen LogP contribution in [0, 0.1) is 5.92 Å². The van der Waals surface area contributed by atoms with Crippen LogP contribution in [-0.4, -0.2) is 41.0 Å². The van der Waals surface area contributed by atoms with Gasteiger partial charge >= 0.3 is 0 Å². The van der Waals surface area contributed by atoms with E-state index >= 15 is 0 Å². The molecule has 0 saturated carbocycles. The lowest BCUT2D eigenvalue weighted by Gasteiger charge is -2.31. The van der Waals surface area contributed by atoms with Gasteiger partial charge in [-0.2, -0.15) is 0 Å². The minimum atomic E-state index is -0.00738. The van der Waals surface area contributed by atoms with Gasteiger partial charge in [-0.3, -0.25) is 9.69 Å². The molecule has 0 aliphatic carbocycles. The third-order valence-corrected chi connectivity index (χ3v) is 5.03. The highest BCUT2D eigenvalue weighted by molar-refractivity contribution is 7.17. The molecule has 3 heterocycles. The Morgan fingerprint density at radius 3 is 3.05 bits per heavy atom. The molecule has 1 aliphatic rings. The first kappa shape index (κ1) is 14.7. The fourth-order valence-corrected chi connectivity index (χ4v) is 3.63. The lowest BCUT2D eigenvalue weighted by Crippen LogP contribution is -2.37. The summed E-state index contributed by atoms with van der Waals surface area (Å²) in [4.78, 5) is 21.8. The molecule has 3 rings (SSSR count). The van der Waals surface area contributed by atoms with E-state index in [4.69, 9.17) is 0 Å². The Hall–Kier alpha value is -1.24. The Labute approximate surface area is 128 Å².